The van der Waals surface area contributed by atoms with E-state index in [1.165, 1.54) is 12.1 Å². The van der Waals surface area contributed by atoms with Crippen molar-refractivity contribution in [3.8, 4) is 5.75 Å². The van der Waals surface area contributed by atoms with Crippen molar-refractivity contribution in [1.29, 1.82) is 0 Å². The number of aromatic nitrogens is 3. The molecule has 7 nitrogen and oxygen atoms in total. The highest BCUT2D eigenvalue weighted by Crippen LogP contribution is 2.31. The van der Waals surface area contributed by atoms with Gasteiger partial charge in [-0.05, 0) is 31.2 Å². The molecule has 138 valence electrons. The molecule has 2 aliphatic rings. The van der Waals surface area contributed by atoms with E-state index in [0.717, 1.165) is 12.0 Å². The van der Waals surface area contributed by atoms with Crippen LogP contribution in [0.1, 0.15) is 35.3 Å². The molecule has 1 saturated heterocycles. The first kappa shape index (κ1) is 16.0. The molecule has 8 heteroatoms. The Balaban J connectivity index is 1.66. The van der Waals surface area contributed by atoms with Gasteiger partial charge in [0.05, 0.1) is 18.8 Å². The van der Waals surface area contributed by atoms with Gasteiger partial charge in [-0.15, -0.1) is 0 Å². The monoisotopic (exact) mass is 367 g/mol. The number of nitrogens with one attached hydrogen (secondary N) is 1. The largest absolute Gasteiger partial charge is 0.488 e. The maximum absolute atomic E-state index is 13.9. The molecule has 4 heterocycles. The van der Waals surface area contributed by atoms with Gasteiger partial charge < -0.3 is 15.0 Å². The molecule has 2 aromatic heterocycles. The van der Waals surface area contributed by atoms with Crippen LogP contribution in [-0.2, 0) is 0 Å². The molecule has 0 saturated carbocycles. The van der Waals surface area contributed by atoms with Gasteiger partial charge in [-0.25, -0.2) is 13.9 Å². The summed E-state index contributed by atoms with van der Waals surface area (Å²) in [5.41, 5.74) is 1.68. The molecule has 4 bridgehead atoms. The average Bonchev–Trinajstić information content (AvgIpc) is 3.28. The first-order valence-corrected chi connectivity index (χ1v) is 8.95. The summed E-state index contributed by atoms with van der Waals surface area (Å²) in [6, 6.07) is 6.07. The predicted molar refractivity (Wildman–Crippen MR) is 96.4 cm³/mol. The number of hydrogen-bond acceptors (Lipinski definition) is 5. The van der Waals surface area contributed by atoms with E-state index in [9.17, 15) is 9.18 Å². The lowest BCUT2D eigenvalue weighted by Crippen LogP contribution is -2.31. The van der Waals surface area contributed by atoms with Gasteiger partial charge in [0, 0.05) is 24.7 Å². The lowest BCUT2D eigenvalue weighted by molar-refractivity contribution is 0.0774. The Morgan fingerprint density at radius 3 is 3.11 bits per heavy atom. The van der Waals surface area contributed by atoms with Crippen LogP contribution in [-0.4, -0.2) is 44.6 Å². The second-order valence-corrected chi connectivity index (χ2v) is 6.97. The second-order valence-electron chi connectivity index (χ2n) is 6.97. The summed E-state index contributed by atoms with van der Waals surface area (Å²) in [5, 5.41) is 7.50. The van der Waals surface area contributed by atoms with Crippen LogP contribution in [0.4, 0.5) is 10.2 Å². The molecule has 27 heavy (non-hydrogen) atoms. The molecule has 3 aromatic rings. The number of benzene rings is 1. The van der Waals surface area contributed by atoms with Gasteiger partial charge in [0.1, 0.15) is 29.1 Å². The standard InChI is InChI=1S/C19H18FN5O2/c1-11-14-8-12(20)2-3-16(14)27-13-4-6-24(10-13)19(26)15-9-21-25-7-5-17(22-11)23-18(15)25/h2-3,5,7-9,11,13H,4,6,10H2,1H3,(H,22,23)/t11-,13-/m1/s1. The Labute approximate surface area is 154 Å². The smallest absolute Gasteiger partial charge is 0.259 e. The predicted octanol–water partition coefficient (Wildman–Crippen LogP) is 2.65. The zero-order valence-corrected chi connectivity index (χ0v) is 14.7. The van der Waals surface area contributed by atoms with Crippen LogP contribution in [0, 0.1) is 5.82 Å². The number of amides is 1. The Kier molecular flexibility index (Phi) is 3.53. The van der Waals surface area contributed by atoms with Gasteiger partial charge in [0.15, 0.2) is 5.65 Å². The number of anilines is 1. The first-order chi connectivity index (χ1) is 13.1. The minimum Gasteiger partial charge on any atom is -0.488 e. The number of rotatable bonds is 0. The van der Waals surface area contributed by atoms with Gasteiger partial charge in [-0.2, -0.15) is 5.10 Å². The third-order valence-electron chi connectivity index (χ3n) is 5.13. The average molecular weight is 367 g/mol. The Morgan fingerprint density at radius 2 is 2.22 bits per heavy atom. The van der Waals surface area contributed by atoms with Crippen molar-refractivity contribution >= 4 is 17.4 Å². The lowest BCUT2D eigenvalue weighted by atomic mass is 10.1. The normalized spacial score (nSPS) is 21.9. The topological polar surface area (TPSA) is 71.8 Å². The number of halogens is 1. The summed E-state index contributed by atoms with van der Waals surface area (Å²) in [4.78, 5) is 19.3. The van der Waals surface area contributed by atoms with Crippen molar-refractivity contribution in [3.05, 3.63) is 53.6 Å². The van der Waals surface area contributed by atoms with E-state index in [4.69, 9.17) is 4.74 Å². The number of fused-ring (bicyclic) bond motifs is 4. The van der Waals surface area contributed by atoms with E-state index in [2.05, 4.69) is 15.4 Å². The highest BCUT2D eigenvalue weighted by atomic mass is 19.1. The SMILES string of the molecule is C[C@H]1Nc2ccn3ncc(c3n2)C(=O)N2CC[C@H](C2)Oc2ccc(F)cc21. The van der Waals surface area contributed by atoms with E-state index in [-0.39, 0.29) is 23.9 Å². The number of carbonyl (C=O) groups excluding carboxylic acids is 1. The Hall–Kier alpha value is -3.16. The fraction of sp³-hybridized carbons (Fsp3) is 0.316. The maximum atomic E-state index is 13.9. The van der Waals surface area contributed by atoms with E-state index >= 15 is 0 Å². The van der Waals surface area contributed by atoms with Crippen LogP contribution in [0.15, 0.2) is 36.7 Å². The van der Waals surface area contributed by atoms with E-state index in [1.54, 1.807) is 33.9 Å². The van der Waals surface area contributed by atoms with Crippen LogP contribution < -0.4 is 10.1 Å². The van der Waals surface area contributed by atoms with E-state index in [0.29, 0.717) is 35.9 Å². The molecule has 2 atom stereocenters. The summed E-state index contributed by atoms with van der Waals surface area (Å²) in [5.74, 6) is 0.783. The van der Waals surface area contributed by atoms with Crippen LogP contribution in [0.25, 0.3) is 5.65 Å². The van der Waals surface area contributed by atoms with Crippen molar-refractivity contribution < 1.29 is 13.9 Å². The molecular formula is C19H18FN5O2. The van der Waals surface area contributed by atoms with E-state index in [1.807, 2.05) is 6.92 Å². The highest BCUT2D eigenvalue weighted by molar-refractivity contribution is 6.00. The zero-order chi connectivity index (χ0) is 18.5. The third kappa shape index (κ3) is 2.68. The van der Waals surface area contributed by atoms with Gasteiger partial charge in [0.25, 0.3) is 5.91 Å². The quantitative estimate of drug-likeness (QED) is 0.661. The molecule has 0 spiro atoms. The van der Waals surface area contributed by atoms with E-state index < -0.39 is 0 Å². The molecule has 0 aliphatic carbocycles. The second kappa shape index (κ2) is 5.94. The molecule has 1 aromatic carbocycles. The van der Waals surface area contributed by atoms with Crippen molar-refractivity contribution in [2.75, 3.05) is 18.4 Å². The summed E-state index contributed by atoms with van der Waals surface area (Å²) >= 11 is 0. The molecular weight excluding hydrogens is 349 g/mol. The summed E-state index contributed by atoms with van der Waals surface area (Å²) in [6.07, 6.45) is 3.90. The molecule has 1 amide bonds. The maximum Gasteiger partial charge on any atom is 0.259 e. The van der Waals surface area contributed by atoms with Gasteiger partial charge in [-0.1, -0.05) is 0 Å². The highest BCUT2D eigenvalue weighted by Gasteiger charge is 2.31. The molecule has 5 rings (SSSR count). The molecule has 1 N–H and O–H groups in total. The van der Waals surface area contributed by atoms with Crippen LogP contribution >= 0.6 is 0 Å². The van der Waals surface area contributed by atoms with Crippen molar-refractivity contribution in [3.63, 3.8) is 0 Å². The summed E-state index contributed by atoms with van der Waals surface area (Å²) in [7, 11) is 0. The van der Waals surface area contributed by atoms with Crippen LogP contribution in [0.3, 0.4) is 0 Å². The fourth-order valence-electron chi connectivity index (χ4n) is 3.72. The fourth-order valence-corrected chi connectivity index (χ4v) is 3.72. The van der Waals surface area contributed by atoms with Gasteiger partial charge in [0.2, 0.25) is 0 Å². The zero-order valence-electron chi connectivity index (χ0n) is 14.7. The Morgan fingerprint density at radius 1 is 1.33 bits per heavy atom. The first-order valence-electron chi connectivity index (χ1n) is 8.95. The minimum atomic E-state index is -0.319. The molecule has 1 fully saturated rings. The molecule has 0 unspecified atom stereocenters. The van der Waals surface area contributed by atoms with Gasteiger partial charge in [-0.3, -0.25) is 4.79 Å². The number of nitrogens with zero attached hydrogens (tertiary/aromatic N) is 4. The van der Waals surface area contributed by atoms with Crippen LogP contribution in [0.2, 0.25) is 0 Å². The molecule has 0 radical (unpaired) electrons. The Bertz CT molecular complexity index is 1050. The third-order valence-corrected chi connectivity index (χ3v) is 5.13. The van der Waals surface area contributed by atoms with Crippen LogP contribution in [0.5, 0.6) is 5.75 Å². The van der Waals surface area contributed by atoms with Crippen molar-refractivity contribution in [2.24, 2.45) is 0 Å². The lowest BCUT2D eigenvalue weighted by Gasteiger charge is -2.21. The number of hydrogen-bond donors (Lipinski definition) is 1. The summed E-state index contributed by atoms with van der Waals surface area (Å²) < 4.78 is 21.6. The summed E-state index contributed by atoms with van der Waals surface area (Å²) in [6.45, 7) is 3.01. The number of carbonyl (C=O) groups is 1. The van der Waals surface area contributed by atoms with Crippen molar-refractivity contribution in [2.45, 2.75) is 25.5 Å². The number of ether oxygens (including phenoxy) is 1. The van der Waals surface area contributed by atoms with Crippen molar-refractivity contribution in [1.82, 2.24) is 19.5 Å². The van der Waals surface area contributed by atoms with Gasteiger partial charge >= 0.3 is 0 Å². The minimum absolute atomic E-state index is 0.104. The molecule has 2 aliphatic heterocycles.